The van der Waals surface area contributed by atoms with Crippen LogP contribution in [0.5, 0.6) is 0 Å². The van der Waals surface area contributed by atoms with Gasteiger partial charge in [0.1, 0.15) is 5.69 Å². The number of nitrogens with zero attached hydrogens (tertiary/aromatic N) is 5. The predicted octanol–water partition coefficient (Wildman–Crippen LogP) is 6.64. The highest BCUT2D eigenvalue weighted by Gasteiger charge is 2.31. The number of nitro benzene ring substituents is 3. The van der Waals surface area contributed by atoms with E-state index < -0.39 is 37.5 Å². The summed E-state index contributed by atoms with van der Waals surface area (Å²) in [5, 5.41) is 43.6. The van der Waals surface area contributed by atoms with Crippen LogP contribution >= 0.6 is 0 Å². The number of rotatable bonds is 9. The third-order valence-corrected chi connectivity index (χ3v) is 6.14. The standard InChI is InChI=1S/C28H19N7O6/c36-33(37)21-16-22(34(38)39)27(23(17-21)35(40)41)30-32-28-25(19-12-6-2-7-13-19)24(18-10-4-1-5-11-18)26(29-31-28)20-14-8-3-9-15-20/h1-17,30H,(H,31,32). The first-order valence-electron chi connectivity index (χ1n) is 12.1. The van der Waals surface area contributed by atoms with Crippen molar-refractivity contribution < 1.29 is 14.8 Å². The Balaban J connectivity index is 1.72. The lowest BCUT2D eigenvalue weighted by Gasteiger charge is -2.19. The molecule has 0 bridgehead atoms. The Hall–Kier alpha value is -6.24. The number of hydrogen-bond donors (Lipinski definition) is 2. The van der Waals surface area contributed by atoms with Crippen molar-refractivity contribution in [2.75, 3.05) is 10.9 Å². The minimum Gasteiger partial charge on any atom is -0.287 e. The number of anilines is 2. The molecule has 0 amide bonds. The molecular formula is C28H19N7O6. The number of hydrogen-bond acceptors (Lipinski definition) is 10. The zero-order valence-electron chi connectivity index (χ0n) is 21.0. The smallest absolute Gasteiger partial charge is 0.287 e. The van der Waals surface area contributed by atoms with Gasteiger partial charge in [-0.1, -0.05) is 91.0 Å². The summed E-state index contributed by atoms with van der Waals surface area (Å²) in [7, 11) is 0. The molecule has 4 aromatic carbocycles. The maximum Gasteiger partial charge on any atom is 0.308 e. The maximum absolute atomic E-state index is 11.8. The van der Waals surface area contributed by atoms with Crippen LogP contribution in [0.1, 0.15) is 0 Å². The molecule has 0 aliphatic rings. The van der Waals surface area contributed by atoms with Crippen LogP contribution in [-0.4, -0.2) is 25.0 Å². The normalized spacial score (nSPS) is 10.5. The molecule has 1 heterocycles. The number of non-ortho nitro benzene ring substituents is 1. The SMILES string of the molecule is O=[N+]([O-])c1cc([N+](=O)[O-])c(NNc2nnc(-c3ccccc3)c(-c3ccccc3)c2-c2ccccc2)c([N+](=O)[O-])c1. The van der Waals surface area contributed by atoms with E-state index in [0.717, 1.165) is 16.7 Å². The summed E-state index contributed by atoms with van der Waals surface area (Å²) < 4.78 is 0. The van der Waals surface area contributed by atoms with E-state index in [2.05, 4.69) is 21.0 Å². The highest BCUT2D eigenvalue weighted by atomic mass is 16.6. The molecule has 5 aromatic rings. The Bertz CT molecular complexity index is 1730. The van der Waals surface area contributed by atoms with Crippen molar-refractivity contribution in [1.82, 2.24) is 10.2 Å². The molecule has 13 heteroatoms. The van der Waals surface area contributed by atoms with Crippen molar-refractivity contribution in [1.29, 1.82) is 0 Å². The Kier molecular flexibility index (Phi) is 7.23. The summed E-state index contributed by atoms with van der Waals surface area (Å²) in [5.41, 5.74) is 6.29. The van der Waals surface area contributed by atoms with E-state index in [-0.39, 0.29) is 5.82 Å². The quantitative estimate of drug-likeness (QED) is 0.149. The minimum atomic E-state index is -0.943. The van der Waals surface area contributed by atoms with Crippen LogP contribution in [0, 0.1) is 30.3 Å². The van der Waals surface area contributed by atoms with Crippen LogP contribution in [0.25, 0.3) is 33.5 Å². The van der Waals surface area contributed by atoms with Crippen LogP contribution in [0.15, 0.2) is 103 Å². The molecule has 0 atom stereocenters. The van der Waals surface area contributed by atoms with Gasteiger partial charge in [-0.15, -0.1) is 10.2 Å². The largest absolute Gasteiger partial charge is 0.308 e. The first-order valence-corrected chi connectivity index (χ1v) is 12.1. The van der Waals surface area contributed by atoms with E-state index in [1.165, 1.54) is 0 Å². The van der Waals surface area contributed by atoms with E-state index in [0.29, 0.717) is 29.0 Å². The Morgan fingerprint density at radius 1 is 0.537 bits per heavy atom. The average molecular weight is 550 g/mol. The van der Waals surface area contributed by atoms with Gasteiger partial charge in [-0.05, 0) is 11.1 Å². The molecule has 0 saturated heterocycles. The van der Waals surface area contributed by atoms with E-state index in [4.69, 9.17) is 0 Å². The predicted molar refractivity (Wildman–Crippen MR) is 152 cm³/mol. The first kappa shape index (κ1) is 26.4. The molecule has 13 nitrogen and oxygen atoms in total. The summed E-state index contributed by atoms with van der Waals surface area (Å²) in [6.45, 7) is 0. The molecule has 0 aliphatic carbocycles. The Morgan fingerprint density at radius 2 is 1.00 bits per heavy atom. The van der Waals surface area contributed by atoms with Crippen molar-refractivity contribution in [3.05, 3.63) is 133 Å². The number of aromatic nitrogens is 2. The van der Waals surface area contributed by atoms with Crippen LogP contribution in [0.4, 0.5) is 28.6 Å². The number of nitro groups is 3. The van der Waals surface area contributed by atoms with Crippen molar-refractivity contribution >= 4 is 28.6 Å². The highest BCUT2D eigenvalue weighted by molar-refractivity contribution is 5.97. The van der Waals surface area contributed by atoms with Gasteiger partial charge in [-0.2, -0.15) is 0 Å². The van der Waals surface area contributed by atoms with E-state index in [9.17, 15) is 30.3 Å². The molecule has 41 heavy (non-hydrogen) atoms. The Morgan fingerprint density at radius 3 is 1.46 bits per heavy atom. The lowest BCUT2D eigenvalue weighted by atomic mass is 9.91. The van der Waals surface area contributed by atoms with Crippen molar-refractivity contribution in [3.63, 3.8) is 0 Å². The molecule has 0 spiro atoms. The summed E-state index contributed by atoms with van der Waals surface area (Å²) in [5.74, 6) is 0.108. The van der Waals surface area contributed by atoms with Gasteiger partial charge >= 0.3 is 11.4 Å². The molecule has 1 aromatic heterocycles. The monoisotopic (exact) mass is 549 g/mol. The van der Waals surface area contributed by atoms with Gasteiger partial charge in [0.05, 0.1) is 26.9 Å². The highest BCUT2D eigenvalue weighted by Crippen LogP contribution is 2.43. The van der Waals surface area contributed by atoms with Crippen LogP contribution < -0.4 is 10.9 Å². The van der Waals surface area contributed by atoms with Crippen molar-refractivity contribution in [3.8, 4) is 33.5 Å². The van der Waals surface area contributed by atoms with Crippen LogP contribution in [0.3, 0.4) is 0 Å². The third kappa shape index (κ3) is 5.35. The van der Waals surface area contributed by atoms with Gasteiger partial charge in [-0.25, -0.2) is 0 Å². The molecule has 0 unspecified atom stereocenters. The van der Waals surface area contributed by atoms with Gasteiger partial charge in [-0.3, -0.25) is 41.2 Å². The zero-order valence-corrected chi connectivity index (χ0v) is 21.0. The molecule has 202 valence electrons. The minimum absolute atomic E-state index is 0.108. The van der Waals surface area contributed by atoms with Crippen molar-refractivity contribution in [2.24, 2.45) is 0 Å². The lowest BCUT2D eigenvalue weighted by molar-refractivity contribution is -0.401. The zero-order chi connectivity index (χ0) is 28.9. The summed E-state index contributed by atoms with van der Waals surface area (Å²) in [4.78, 5) is 32.0. The molecule has 5 rings (SSSR count). The summed E-state index contributed by atoms with van der Waals surface area (Å²) in [6.07, 6.45) is 0. The van der Waals surface area contributed by atoms with Crippen LogP contribution in [0.2, 0.25) is 0 Å². The van der Waals surface area contributed by atoms with Gasteiger partial charge in [0.15, 0.2) is 5.82 Å². The summed E-state index contributed by atoms with van der Waals surface area (Å²) in [6, 6.07) is 29.3. The molecule has 0 aliphatic heterocycles. The topological polar surface area (TPSA) is 179 Å². The second kappa shape index (κ2) is 11.2. The second-order valence-electron chi connectivity index (χ2n) is 8.63. The lowest BCUT2D eigenvalue weighted by Crippen LogP contribution is -2.15. The maximum atomic E-state index is 11.8. The first-order chi connectivity index (χ1) is 19.8. The molecule has 2 N–H and O–H groups in total. The molecular weight excluding hydrogens is 530 g/mol. The second-order valence-corrected chi connectivity index (χ2v) is 8.63. The number of hydrazine groups is 1. The molecule has 0 fully saturated rings. The van der Waals surface area contributed by atoms with E-state index in [1.807, 2.05) is 91.0 Å². The summed E-state index contributed by atoms with van der Waals surface area (Å²) >= 11 is 0. The van der Waals surface area contributed by atoms with Gasteiger partial charge in [0.2, 0.25) is 5.69 Å². The fourth-order valence-electron chi connectivity index (χ4n) is 4.33. The number of benzene rings is 4. The van der Waals surface area contributed by atoms with Gasteiger partial charge in [0.25, 0.3) is 5.69 Å². The van der Waals surface area contributed by atoms with Crippen LogP contribution in [-0.2, 0) is 0 Å². The third-order valence-electron chi connectivity index (χ3n) is 6.14. The van der Waals surface area contributed by atoms with E-state index >= 15 is 0 Å². The fraction of sp³-hybridized carbons (Fsp3) is 0. The Labute approximate surface area is 231 Å². The molecule has 0 radical (unpaired) electrons. The fourth-order valence-corrected chi connectivity index (χ4v) is 4.33. The molecule has 0 saturated carbocycles. The van der Waals surface area contributed by atoms with E-state index in [1.54, 1.807) is 0 Å². The number of nitrogens with one attached hydrogen (secondary N) is 2. The van der Waals surface area contributed by atoms with Gasteiger partial charge in [0, 0.05) is 16.7 Å². The van der Waals surface area contributed by atoms with Crippen molar-refractivity contribution in [2.45, 2.75) is 0 Å². The van der Waals surface area contributed by atoms with Gasteiger partial charge < -0.3 is 0 Å². The average Bonchev–Trinajstić information content (AvgIpc) is 3.00.